The highest BCUT2D eigenvalue weighted by atomic mass is 28.1. The molecule has 2 aromatic heterocycles. The van der Waals surface area contributed by atoms with Crippen LogP contribution in [0.1, 0.15) is 49.5 Å². The van der Waals surface area contributed by atoms with Crippen LogP contribution in [0, 0.1) is 5.41 Å². The second-order valence-corrected chi connectivity index (χ2v) is 12.0. The maximum absolute atomic E-state index is 12.9. The third kappa shape index (κ3) is 4.26. The van der Waals surface area contributed by atoms with Crippen molar-refractivity contribution in [1.82, 2.24) is 14.8 Å². The van der Waals surface area contributed by atoms with E-state index in [2.05, 4.69) is 31.0 Å². The van der Waals surface area contributed by atoms with Crippen molar-refractivity contribution in [2.45, 2.75) is 50.0 Å². The number of pyridine rings is 1. The van der Waals surface area contributed by atoms with E-state index in [4.69, 9.17) is 19.9 Å². The average Bonchev–Trinajstić information content (AvgIpc) is 3.36. The smallest absolute Gasteiger partial charge is 0.252 e. The molecule has 0 unspecified atom stereocenters. The number of nitrogens with one attached hydrogen (secondary N) is 2. The maximum Gasteiger partial charge on any atom is 0.252 e. The summed E-state index contributed by atoms with van der Waals surface area (Å²) in [6.07, 6.45) is 7.57. The van der Waals surface area contributed by atoms with Gasteiger partial charge in [-0.25, -0.2) is 4.98 Å². The third-order valence-corrected chi connectivity index (χ3v) is 9.39. The summed E-state index contributed by atoms with van der Waals surface area (Å²) < 4.78 is 19.5. The van der Waals surface area contributed by atoms with Crippen LogP contribution in [0.5, 0.6) is 5.75 Å². The number of rotatable bonds is 8. The van der Waals surface area contributed by atoms with Crippen molar-refractivity contribution >= 4 is 39.2 Å². The summed E-state index contributed by atoms with van der Waals surface area (Å²) in [6, 6.07) is 7.24. The number of primary amides is 1. The predicted octanol–water partition coefficient (Wildman–Crippen LogP) is 3.57. The number of aromatic nitrogens is 3. The zero-order valence-corrected chi connectivity index (χ0v) is 23.6. The molecule has 3 fully saturated rings. The number of nitrogens with zero attached hydrogens (tertiary/aromatic N) is 3. The summed E-state index contributed by atoms with van der Waals surface area (Å²) in [5.74, 6) is -0.594. The fourth-order valence-electron chi connectivity index (χ4n) is 5.58. The molecule has 3 heterocycles. The number of para-hydroxylation sites is 1. The Morgan fingerprint density at radius 2 is 1.95 bits per heavy atom. The fraction of sp³-hybridized carbons (Fsp3) is 0.429. The topological polar surface area (TPSA) is 143 Å². The Hall–Kier alpha value is -3.74. The number of benzene rings is 1. The quantitative estimate of drug-likeness (QED) is 0.356. The van der Waals surface area contributed by atoms with E-state index in [0.717, 1.165) is 24.0 Å². The van der Waals surface area contributed by atoms with Crippen molar-refractivity contribution in [2.75, 3.05) is 31.0 Å². The molecule has 12 heteroatoms. The van der Waals surface area contributed by atoms with Crippen molar-refractivity contribution in [3.8, 4) is 16.9 Å². The molecule has 4 N–H and O–H groups in total. The van der Waals surface area contributed by atoms with Gasteiger partial charge < -0.3 is 30.6 Å². The van der Waals surface area contributed by atoms with Gasteiger partial charge in [0.1, 0.15) is 17.6 Å². The number of nitrogens with two attached hydrogens (primary N) is 1. The van der Waals surface area contributed by atoms with Gasteiger partial charge in [0.2, 0.25) is 5.91 Å². The van der Waals surface area contributed by atoms with E-state index in [0.29, 0.717) is 42.6 Å². The van der Waals surface area contributed by atoms with Gasteiger partial charge >= 0.3 is 0 Å². The molecule has 6 rings (SSSR count). The number of methoxy groups -OCH3 is 1. The minimum absolute atomic E-state index is 0.0133. The molecule has 40 heavy (non-hydrogen) atoms. The lowest BCUT2D eigenvalue weighted by Crippen LogP contribution is -2.49. The van der Waals surface area contributed by atoms with Crippen LogP contribution in [0.15, 0.2) is 42.9 Å². The zero-order chi connectivity index (χ0) is 28.3. The Balaban J connectivity index is 1.28. The Labute approximate surface area is 235 Å². The van der Waals surface area contributed by atoms with Crippen LogP contribution in [-0.4, -0.2) is 62.9 Å². The lowest BCUT2D eigenvalue weighted by Gasteiger charge is -2.44. The van der Waals surface area contributed by atoms with E-state index in [1.54, 1.807) is 19.4 Å². The molecule has 1 aromatic carbocycles. The first-order valence-corrected chi connectivity index (χ1v) is 13.7. The standard InChI is InChI=1S/C28H31N6O5Si/c1-26(2)15-27(26,40)25(36)33-22-11-20(18(13-30-22)24(29)35)32-19-6-4-5-17(23(19)37-3)16-12-31-34(14-16)21-7-8-28(21)38-9-10-39-28/h4-6,11-14,21H,7-10,15H2,1-3H3,(H2,29,35)(H2,30,32,33,36)/t21-,27+/m1/s1. The van der Waals surface area contributed by atoms with E-state index in [1.807, 2.05) is 42.9 Å². The third-order valence-electron chi connectivity index (χ3n) is 8.31. The molecule has 1 spiro atoms. The molecule has 1 aliphatic heterocycles. The second kappa shape index (κ2) is 9.42. The summed E-state index contributed by atoms with van der Waals surface area (Å²) in [6.45, 7) is 5.21. The minimum atomic E-state index is -0.665. The SMILES string of the molecule is COc1c(Nc2cc(NC(=O)[C@@]3([Si])CC3(C)C)ncc2C(N)=O)cccc1-c1cnn([C@@H]2CCC23OCCO3)c1. The molecule has 2 saturated carbocycles. The van der Waals surface area contributed by atoms with Crippen LogP contribution in [0.4, 0.5) is 17.2 Å². The van der Waals surface area contributed by atoms with Crippen molar-refractivity contribution in [2.24, 2.45) is 11.1 Å². The van der Waals surface area contributed by atoms with Gasteiger partial charge in [-0.2, -0.15) is 5.10 Å². The summed E-state index contributed by atoms with van der Waals surface area (Å²) in [5, 5.41) is 10.0. The van der Waals surface area contributed by atoms with Gasteiger partial charge in [-0.05, 0) is 24.3 Å². The molecule has 2 atom stereocenters. The molecule has 3 aliphatic rings. The first-order valence-electron chi connectivity index (χ1n) is 13.2. The molecular weight excluding hydrogens is 528 g/mol. The van der Waals surface area contributed by atoms with Gasteiger partial charge in [-0.1, -0.05) is 26.0 Å². The Bertz CT molecular complexity index is 1500. The number of hydrogen-bond donors (Lipinski definition) is 3. The van der Waals surface area contributed by atoms with Crippen LogP contribution in [0.25, 0.3) is 11.1 Å². The monoisotopic (exact) mass is 559 g/mol. The first kappa shape index (κ1) is 26.5. The predicted molar refractivity (Wildman–Crippen MR) is 149 cm³/mol. The average molecular weight is 560 g/mol. The fourth-order valence-corrected chi connectivity index (χ4v) is 6.08. The number of hydrogen-bond acceptors (Lipinski definition) is 8. The van der Waals surface area contributed by atoms with E-state index in [9.17, 15) is 9.59 Å². The summed E-state index contributed by atoms with van der Waals surface area (Å²) >= 11 is 0. The molecule has 11 nitrogen and oxygen atoms in total. The highest BCUT2D eigenvalue weighted by Gasteiger charge is 2.62. The number of amides is 2. The highest BCUT2D eigenvalue weighted by Crippen LogP contribution is 2.68. The molecule has 207 valence electrons. The number of anilines is 3. The Kier molecular flexibility index (Phi) is 6.24. The summed E-state index contributed by atoms with van der Waals surface area (Å²) in [5.41, 5.74) is 8.30. The molecule has 1 saturated heterocycles. The van der Waals surface area contributed by atoms with Crippen LogP contribution < -0.4 is 21.1 Å². The van der Waals surface area contributed by atoms with Gasteiger partial charge in [0.25, 0.3) is 5.91 Å². The van der Waals surface area contributed by atoms with Crippen molar-refractivity contribution in [1.29, 1.82) is 0 Å². The highest BCUT2D eigenvalue weighted by molar-refractivity contribution is 6.33. The summed E-state index contributed by atoms with van der Waals surface area (Å²) in [7, 11) is 5.20. The molecule has 0 bridgehead atoms. The lowest BCUT2D eigenvalue weighted by molar-refractivity contribution is -0.242. The van der Waals surface area contributed by atoms with Crippen LogP contribution in [-0.2, 0) is 14.3 Å². The van der Waals surface area contributed by atoms with E-state index >= 15 is 0 Å². The first-order chi connectivity index (χ1) is 19.1. The number of carbonyl (C=O) groups is 2. The summed E-state index contributed by atoms with van der Waals surface area (Å²) in [4.78, 5) is 29.4. The van der Waals surface area contributed by atoms with Crippen LogP contribution >= 0.6 is 0 Å². The second-order valence-electron chi connectivity index (χ2n) is 11.2. The maximum atomic E-state index is 12.9. The Morgan fingerprint density at radius 3 is 2.58 bits per heavy atom. The number of ether oxygens (including phenoxy) is 3. The molecule has 2 amide bonds. The Morgan fingerprint density at radius 1 is 1.20 bits per heavy atom. The van der Waals surface area contributed by atoms with E-state index in [-0.39, 0.29) is 22.9 Å². The minimum Gasteiger partial charge on any atom is -0.494 e. The van der Waals surface area contributed by atoms with Crippen LogP contribution in [0.3, 0.4) is 0 Å². The van der Waals surface area contributed by atoms with Gasteiger partial charge in [0, 0.05) is 51.3 Å². The normalized spacial score (nSPS) is 23.9. The molecular formula is C28H31N6O5Si. The lowest BCUT2D eigenvalue weighted by atomic mass is 9.85. The van der Waals surface area contributed by atoms with Crippen molar-refractivity contribution in [3.63, 3.8) is 0 Å². The van der Waals surface area contributed by atoms with E-state index in [1.165, 1.54) is 6.20 Å². The number of carbonyl (C=O) groups excluding carboxylic acids is 2. The largest absolute Gasteiger partial charge is 0.494 e. The van der Waals surface area contributed by atoms with Gasteiger partial charge in [0.15, 0.2) is 5.79 Å². The van der Waals surface area contributed by atoms with Crippen molar-refractivity contribution in [3.05, 3.63) is 48.4 Å². The van der Waals surface area contributed by atoms with Gasteiger partial charge in [-0.3, -0.25) is 14.3 Å². The van der Waals surface area contributed by atoms with Gasteiger partial charge in [-0.15, -0.1) is 0 Å². The molecule has 2 aliphatic carbocycles. The van der Waals surface area contributed by atoms with E-state index < -0.39 is 16.7 Å². The molecule has 3 aromatic rings. The molecule has 3 radical (unpaired) electrons. The van der Waals surface area contributed by atoms with Gasteiger partial charge in [0.05, 0.1) is 43.5 Å². The zero-order valence-electron chi connectivity index (χ0n) is 22.6. The van der Waals surface area contributed by atoms with Crippen molar-refractivity contribution < 1.29 is 23.8 Å². The van der Waals surface area contributed by atoms with Crippen LogP contribution in [0.2, 0.25) is 5.04 Å².